The van der Waals surface area contributed by atoms with Crippen molar-refractivity contribution in [3.8, 4) is 0 Å². The van der Waals surface area contributed by atoms with E-state index in [1.54, 1.807) is 0 Å². The molecule has 3 heterocycles. The minimum absolute atomic E-state index is 0.187. The second-order valence-corrected chi connectivity index (χ2v) is 10.3. The third-order valence-corrected chi connectivity index (χ3v) is 8.16. The van der Waals surface area contributed by atoms with Gasteiger partial charge in [0.15, 0.2) is 0 Å². The molecule has 0 radical (unpaired) electrons. The molecule has 5 unspecified atom stereocenters. The molecule has 6 N–H and O–H groups in total. The summed E-state index contributed by atoms with van der Waals surface area (Å²) >= 11 is 0. The number of hydrogen-bond acceptors (Lipinski definition) is 7. The number of aliphatic hydroxyl groups is 2. The van der Waals surface area contributed by atoms with Gasteiger partial charge in [-0.25, -0.2) is 15.0 Å². The number of fused-ring (bicyclic) bond motifs is 3. The number of aryl methyl sites for hydroxylation is 1. The summed E-state index contributed by atoms with van der Waals surface area (Å²) in [6.07, 6.45) is 4.20. The number of nitrogens with two attached hydrogens (primary N) is 2. The maximum Gasteiger partial charge on any atom is 0.145 e. The van der Waals surface area contributed by atoms with Gasteiger partial charge in [-0.05, 0) is 60.4 Å². The third kappa shape index (κ3) is 3.02. The van der Waals surface area contributed by atoms with Crippen molar-refractivity contribution in [1.29, 1.82) is 0 Å². The van der Waals surface area contributed by atoms with E-state index in [4.69, 9.17) is 11.5 Å². The summed E-state index contributed by atoms with van der Waals surface area (Å²) in [5, 5.41) is 23.9. The van der Waals surface area contributed by atoms with E-state index in [-0.39, 0.29) is 17.4 Å². The minimum atomic E-state index is -0.849. The van der Waals surface area contributed by atoms with Crippen LogP contribution in [0.15, 0.2) is 42.9 Å². The van der Waals surface area contributed by atoms with Gasteiger partial charge in [0.05, 0.1) is 23.0 Å². The molecule has 0 aliphatic heterocycles. The van der Waals surface area contributed by atoms with E-state index in [0.29, 0.717) is 23.2 Å². The molecule has 5 atom stereocenters. The minimum Gasteiger partial charge on any atom is -0.390 e. The van der Waals surface area contributed by atoms with E-state index < -0.39 is 12.2 Å². The molecule has 8 nitrogen and oxygen atoms in total. The molecule has 0 spiro atoms. The number of benzene rings is 1. The molecule has 2 aliphatic rings. The number of nitrogens with zero attached hydrogens (tertiary/aromatic N) is 4. The molecular weight excluding hydrogens is 428 g/mol. The van der Waals surface area contributed by atoms with Crippen molar-refractivity contribution < 1.29 is 10.2 Å². The number of rotatable bonds is 5. The molecule has 2 fully saturated rings. The summed E-state index contributed by atoms with van der Waals surface area (Å²) in [6, 6.07) is 10.1. The van der Waals surface area contributed by atoms with Gasteiger partial charge in [-0.1, -0.05) is 26.0 Å². The fourth-order valence-corrected chi connectivity index (χ4v) is 6.18. The Kier molecular flexibility index (Phi) is 4.63. The van der Waals surface area contributed by atoms with Crippen molar-refractivity contribution in [2.45, 2.75) is 57.3 Å². The summed E-state index contributed by atoms with van der Waals surface area (Å²) in [7, 11) is 0. The van der Waals surface area contributed by atoms with Crippen molar-refractivity contribution in [2.24, 2.45) is 11.3 Å². The van der Waals surface area contributed by atoms with Crippen LogP contribution in [0.25, 0.3) is 21.9 Å². The van der Waals surface area contributed by atoms with E-state index in [1.165, 1.54) is 6.33 Å². The van der Waals surface area contributed by atoms with E-state index >= 15 is 0 Å². The van der Waals surface area contributed by atoms with Crippen LogP contribution in [-0.2, 0) is 6.42 Å². The maximum absolute atomic E-state index is 11.1. The normalized spacial score (nSPS) is 28.1. The second kappa shape index (κ2) is 7.38. The standard InChI is InChI=1S/C26H30N6O2/c1-13(2)17-10-15-4-3-14(9-19(15)31-24(17)28)5-7-26-11-18(26)20(21(33)22(26)34)32-8-6-16-23(27)29-12-30-25(16)32/h3-4,6,8-10,12-13,18,20-22,33-34H,5,7,11H2,1-2H3,(H2,28,31)(H2,27,29,30). The molecule has 34 heavy (non-hydrogen) atoms. The Morgan fingerprint density at radius 1 is 1.12 bits per heavy atom. The zero-order chi connectivity index (χ0) is 23.8. The SMILES string of the molecule is CC(C)c1cc2ccc(CCC34CC3C(n3ccc5c(N)ncnc53)C(O)C4O)cc2nc1N. The molecule has 0 saturated heterocycles. The zero-order valence-corrected chi connectivity index (χ0v) is 19.4. The average molecular weight is 459 g/mol. The van der Waals surface area contributed by atoms with Gasteiger partial charge in [-0.3, -0.25) is 0 Å². The van der Waals surface area contributed by atoms with Crippen LogP contribution in [0.3, 0.4) is 0 Å². The summed E-state index contributed by atoms with van der Waals surface area (Å²) in [6.45, 7) is 4.23. The summed E-state index contributed by atoms with van der Waals surface area (Å²) in [5.74, 6) is 1.52. The number of pyridine rings is 1. The Morgan fingerprint density at radius 3 is 2.74 bits per heavy atom. The maximum atomic E-state index is 11.1. The highest BCUT2D eigenvalue weighted by atomic mass is 16.3. The lowest BCUT2D eigenvalue weighted by Crippen LogP contribution is -2.34. The Bertz CT molecular complexity index is 1420. The summed E-state index contributed by atoms with van der Waals surface area (Å²) < 4.78 is 1.97. The number of nitrogen functional groups attached to an aromatic ring is 2. The number of anilines is 2. The van der Waals surface area contributed by atoms with Gasteiger partial charge in [0, 0.05) is 17.0 Å². The largest absolute Gasteiger partial charge is 0.390 e. The third-order valence-electron chi connectivity index (χ3n) is 8.16. The van der Waals surface area contributed by atoms with Gasteiger partial charge in [-0.15, -0.1) is 0 Å². The van der Waals surface area contributed by atoms with Crippen molar-refractivity contribution in [1.82, 2.24) is 19.5 Å². The lowest BCUT2D eigenvalue weighted by atomic mass is 9.91. The van der Waals surface area contributed by atoms with E-state index in [2.05, 4.69) is 53.1 Å². The summed E-state index contributed by atoms with van der Waals surface area (Å²) in [5.41, 5.74) is 15.7. The van der Waals surface area contributed by atoms with Crippen LogP contribution in [0.2, 0.25) is 0 Å². The molecular formula is C26H30N6O2. The predicted molar refractivity (Wildman–Crippen MR) is 132 cm³/mol. The first-order chi connectivity index (χ1) is 16.3. The first-order valence-electron chi connectivity index (χ1n) is 11.9. The molecule has 1 aromatic carbocycles. The van der Waals surface area contributed by atoms with E-state index in [9.17, 15) is 10.2 Å². The average Bonchev–Trinajstić information content (AvgIpc) is 3.30. The fraction of sp³-hybridized carbons (Fsp3) is 0.423. The van der Waals surface area contributed by atoms with Gasteiger partial charge in [0.25, 0.3) is 0 Å². The second-order valence-electron chi connectivity index (χ2n) is 10.3. The lowest BCUT2D eigenvalue weighted by Gasteiger charge is -2.24. The highest BCUT2D eigenvalue weighted by Gasteiger charge is 2.70. The van der Waals surface area contributed by atoms with Crippen LogP contribution in [0.4, 0.5) is 11.6 Å². The lowest BCUT2D eigenvalue weighted by molar-refractivity contribution is -0.0191. The van der Waals surface area contributed by atoms with Gasteiger partial charge in [0.2, 0.25) is 0 Å². The number of aromatic nitrogens is 4. The van der Waals surface area contributed by atoms with Crippen LogP contribution < -0.4 is 11.5 Å². The van der Waals surface area contributed by atoms with Crippen LogP contribution in [0.5, 0.6) is 0 Å². The van der Waals surface area contributed by atoms with E-state index in [1.807, 2.05) is 16.8 Å². The Morgan fingerprint density at radius 2 is 1.94 bits per heavy atom. The Labute approximate surface area is 197 Å². The molecule has 6 rings (SSSR count). The topological polar surface area (TPSA) is 136 Å². The van der Waals surface area contributed by atoms with Gasteiger partial charge in [-0.2, -0.15) is 0 Å². The number of hydrogen-bond donors (Lipinski definition) is 4. The van der Waals surface area contributed by atoms with Crippen LogP contribution in [-0.4, -0.2) is 41.9 Å². The Hall–Kier alpha value is -3.23. The monoisotopic (exact) mass is 458 g/mol. The number of aliphatic hydroxyl groups excluding tert-OH is 2. The van der Waals surface area contributed by atoms with Crippen molar-refractivity contribution in [3.05, 3.63) is 54.0 Å². The quantitative estimate of drug-likeness (QED) is 0.360. The smallest absolute Gasteiger partial charge is 0.145 e. The van der Waals surface area contributed by atoms with Gasteiger partial charge < -0.3 is 26.2 Å². The van der Waals surface area contributed by atoms with Crippen LogP contribution in [0.1, 0.15) is 49.8 Å². The first-order valence-corrected chi connectivity index (χ1v) is 11.9. The molecule has 0 amide bonds. The molecule has 176 valence electrons. The molecule has 2 saturated carbocycles. The van der Waals surface area contributed by atoms with Crippen LogP contribution in [0, 0.1) is 11.3 Å². The Balaban J connectivity index is 1.25. The summed E-state index contributed by atoms with van der Waals surface area (Å²) in [4.78, 5) is 13.1. The zero-order valence-electron chi connectivity index (χ0n) is 19.4. The van der Waals surface area contributed by atoms with Gasteiger partial charge in [0.1, 0.15) is 29.7 Å². The fourth-order valence-electron chi connectivity index (χ4n) is 6.18. The first kappa shape index (κ1) is 21.3. The van der Waals surface area contributed by atoms with Crippen molar-refractivity contribution in [3.63, 3.8) is 0 Å². The molecule has 0 bridgehead atoms. The van der Waals surface area contributed by atoms with Crippen LogP contribution >= 0.6 is 0 Å². The molecule has 3 aromatic heterocycles. The van der Waals surface area contributed by atoms with Crippen molar-refractivity contribution in [2.75, 3.05) is 11.5 Å². The molecule has 2 aliphatic carbocycles. The highest BCUT2D eigenvalue weighted by Crippen LogP contribution is 2.69. The van der Waals surface area contributed by atoms with Gasteiger partial charge >= 0.3 is 0 Å². The van der Waals surface area contributed by atoms with E-state index in [0.717, 1.165) is 46.7 Å². The van der Waals surface area contributed by atoms with Crippen molar-refractivity contribution >= 4 is 33.6 Å². The molecule has 8 heteroatoms. The predicted octanol–water partition coefficient (Wildman–Crippen LogP) is 3.18. The highest BCUT2D eigenvalue weighted by molar-refractivity contribution is 5.86. The molecule has 4 aromatic rings.